The van der Waals surface area contributed by atoms with Crippen LogP contribution in [0.2, 0.25) is 0 Å². The molecule has 0 aliphatic carbocycles. The Labute approximate surface area is 230 Å². The Morgan fingerprint density at radius 2 is 2.03 bits per heavy atom. The van der Waals surface area contributed by atoms with Crippen LogP contribution in [0.15, 0.2) is 48.1 Å². The average Bonchev–Trinajstić information content (AvgIpc) is 3.45. The topological polar surface area (TPSA) is 142 Å². The highest BCUT2D eigenvalue weighted by Crippen LogP contribution is 2.34. The van der Waals surface area contributed by atoms with E-state index in [1.54, 1.807) is 51.2 Å². The van der Waals surface area contributed by atoms with Gasteiger partial charge in [-0.1, -0.05) is 12.1 Å². The molecule has 14 heteroatoms. The number of ether oxygens (including phenoxy) is 1. The fourth-order valence-electron chi connectivity index (χ4n) is 4.24. The van der Waals surface area contributed by atoms with E-state index in [1.807, 2.05) is 22.0 Å². The molecule has 1 aromatic carbocycles. The number of fused-ring (bicyclic) bond motifs is 1. The molecule has 0 spiro atoms. The van der Waals surface area contributed by atoms with Gasteiger partial charge < -0.3 is 15.2 Å². The molecule has 1 fully saturated rings. The van der Waals surface area contributed by atoms with Crippen LogP contribution in [-0.4, -0.2) is 79.4 Å². The molecule has 12 nitrogen and oxygen atoms in total. The number of nitrogens with one attached hydrogen (secondary N) is 1. The molecule has 0 unspecified atom stereocenters. The van der Waals surface area contributed by atoms with Gasteiger partial charge >= 0.3 is 16.3 Å². The summed E-state index contributed by atoms with van der Waals surface area (Å²) in [7, 11) is -4.01. The van der Waals surface area contributed by atoms with Crippen LogP contribution in [0, 0.1) is 0 Å². The van der Waals surface area contributed by atoms with Crippen LogP contribution in [0.5, 0.6) is 5.75 Å². The van der Waals surface area contributed by atoms with Gasteiger partial charge in [0, 0.05) is 49.5 Å². The number of anilines is 1. The molecule has 0 radical (unpaired) electrons. The van der Waals surface area contributed by atoms with Crippen LogP contribution >= 0.6 is 11.3 Å². The van der Waals surface area contributed by atoms with Crippen molar-refractivity contribution in [1.29, 1.82) is 0 Å². The Morgan fingerprint density at radius 1 is 1.21 bits per heavy atom. The molecular weight excluding hydrogens is 542 g/mol. The van der Waals surface area contributed by atoms with E-state index in [2.05, 4.69) is 15.3 Å². The maximum atomic E-state index is 13.1. The number of phenolic OH excluding ortho intramolecular Hbond substituents is 1. The summed E-state index contributed by atoms with van der Waals surface area (Å²) < 4.78 is 35.4. The Balaban J connectivity index is 1.33. The van der Waals surface area contributed by atoms with Gasteiger partial charge in [0.15, 0.2) is 4.96 Å². The molecule has 1 aliphatic heterocycles. The molecule has 1 saturated heterocycles. The second-order valence-corrected chi connectivity index (χ2v) is 12.6. The van der Waals surface area contributed by atoms with Crippen molar-refractivity contribution in [3.8, 4) is 28.4 Å². The van der Waals surface area contributed by atoms with E-state index >= 15 is 0 Å². The van der Waals surface area contributed by atoms with Crippen molar-refractivity contribution in [3.05, 3.63) is 48.1 Å². The number of benzene rings is 1. The third kappa shape index (κ3) is 5.67. The maximum absolute atomic E-state index is 13.1. The fraction of sp³-hybridized carbons (Fsp3) is 0.360. The number of phenols is 1. The number of imidazole rings is 1. The monoisotopic (exact) mass is 571 g/mol. The smallest absolute Gasteiger partial charge is 0.425 e. The summed E-state index contributed by atoms with van der Waals surface area (Å²) in [5, 5.41) is 15.0. The molecule has 0 saturated carbocycles. The van der Waals surface area contributed by atoms with E-state index in [1.165, 1.54) is 15.6 Å². The number of aromatic nitrogens is 4. The van der Waals surface area contributed by atoms with Gasteiger partial charge in [-0.05, 0) is 45.4 Å². The number of thiazole rings is 1. The van der Waals surface area contributed by atoms with Crippen LogP contribution in [0.1, 0.15) is 27.2 Å². The average molecular weight is 572 g/mol. The molecule has 1 aliphatic rings. The number of carbonyl (C=O) groups excluding carboxylic acids is 1. The number of amides is 1. The van der Waals surface area contributed by atoms with Crippen molar-refractivity contribution < 1.29 is 23.1 Å². The molecule has 2 N–H and O–H groups in total. The maximum Gasteiger partial charge on any atom is 0.425 e. The Kier molecular flexibility index (Phi) is 7.18. The predicted octanol–water partition coefficient (Wildman–Crippen LogP) is 3.82. The summed E-state index contributed by atoms with van der Waals surface area (Å²) in [6, 6.07) is 8.65. The van der Waals surface area contributed by atoms with Crippen LogP contribution in [0.3, 0.4) is 0 Å². The second kappa shape index (κ2) is 10.4. The van der Waals surface area contributed by atoms with Gasteiger partial charge in [-0.2, -0.15) is 17.0 Å². The normalized spacial score (nSPS) is 15.9. The van der Waals surface area contributed by atoms with Crippen molar-refractivity contribution >= 4 is 38.5 Å². The summed E-state index contributed by atoms with van der Waals surface area (Å²) in [5.74, 6) is 0.454. The Bertz CT molecular complexity index is 1610. The lowest BCUT2D eigenvalue weighted by Gasteiger charge is -2.35. The quantitative estimate of drug-likeness (QED) is 0.353. The first kappa shape index (κ1) is 26.8. The summed E-state index contributed by atoms with van der Waals surface area (Å²) in [6.45, 7) is 5.79. The van der Waals surface area contributed by atoms with Gasteiger partial charge in [-0.25, -0.2) is 19.7 Å². The lowest BCUT2D eigenvalue weighted by Crippen LogP contribution is -2.53. The predicted molar refractivity (Wildman–Crippen MR) is 148 cm³/mol. The zero-order chi connectivity index (χ0) is 27.8. The van der Waals surface area contributed by atoms with Gasteiger partial charge in [0.25, 0.3) is 0 Å². The third-order valence-corrected chi connectivity index (χ3v) is 8.56. The van der Waals surface area contributed by atoms with Crippen LogP contribution in [0.4, 0.5) is 10.7 Å². The van der Waals surface area contributed by atoms with E-state index in [-0.39, 0.29) is 25.4 Å². The number of aromatic hydroxyl groups is 1. The molecule has 4 heterocycles. The van der Waals surface area contributed by atoms with Gasteiger partial charge in [0.05, 0.1) is 11.4 Å². The number of nitrogens with zero attached hydrogens (tertiary/aromatic N) is 6. The van der Waals surface area contributed by atoms with Gasteiger partial charge in [-0.3, -0.25) is 4.40 Å². The minimum absolute atomic E-state index is 0.0796. The molecule has 0 atom stereocenters. The molecule has 5 rings (SSSR count). The zero-order valence-corrected chi connectivity index (χ0v) is 23.4. The minimum atomic E-state index is -4.01. The van der Waals surface area contributed by atoms with E-state index in [0.29, 0.717) is 30.3 Å². The second-order valence-electron chi connectivity index (χ2n) is 9.92. The van der Waals surface area contributed by atoms with E-state index < -0.39 is 21.9 Å². The number of hydrogen-bond acceptors (Lipinski definition) is 10. The van der Waals surface area contributed by atoms with Crippen LogP contribution in [-0.2, 0) is 14.9 Å². The van der Waals surface area contributed by atoms with Crippen LogP contribution < -0.4 is 5.32 Å². The summed E-state index contributed by atoms with van der Waals surface area (Å²) in [5.41, 5.74) is 1.97. The fourth-order valence-corrected chi connectivity index (χ4v) is 6.50. The lowest BCUT2D eigenvalue weighted by molar-refractivity contribution is 0.0364. The van der Waals surface area contributed by atoms with Crippen molar-refractivity contribution in [2.75, 3.05) is 31.5 Å². The first-order chi connectivity index (χ1) is 18.5. The summed E-state index contributed by atoms with van der Waals surface area (Å²) >= 11 is 1.49. The lowest BCUT2D eigenvalue weighted by atomic mass is 10.1. The zero-order valence-electron chi connectivity index (χ0n) is 21.7. The minimum Gasteiger partial charge on any atom is -0.508 e. The SMILES string of the molecule is CC(C)(C)OC(=O)N1CCCN(CCNc2nccc(-c3c(-c4cccc(O)c4)nc4sccn34)n2)S1(=O)=O. The standard InChI is InChI=1S/C25H29N7O5S2/c1-25(2,3)37-24(34)32-12-5-11-30(39(32,35)36)13-10-27-22-26-9-8-19(28-22)21-20(17-6-4-7-18(33)16-17)29-23-31(21)14-15-38-23/h4,6-9,14-16,33H,5,10-13H2,1-3H3,(H,26,27,28). The third-order valence-electron chi connectivity index (χ3n) is 5.89. The molecule has 3 aromatic heterocycles. The van der Waals surface area contributed by atoms with Gasteiger partial charge in [0.1, 0.15) is 17.0 Å². The molecule has 0 bridgehead atoms. The largest absolute Gasteiger partial charge is 0.508 e. The van der Waals surface area contributed by atoms with Crippen molar-refractivity contribution in [1.82, 2.24) is 28.0 Å². The highest BCUT2D eigenvalue weighted by Gasteiger charge is 2.39. The first-order valence-electron chi connectivity index (χ1n) is 12.4. The number of rotatable bonds is 6. The van der Waals surface area contributed by atoms with E-state index in [0.717, 1.165) is 20.5 Å². The molecule has 206 valence electrons. The van der Waals surface area contributed by atoms with E-state index in [9.17, 15) is 18.3 Å². The van der Waals surface area contributed by atoms with Gasteiger partial charge in [0.2, 0.25) is 5.95 Å². The Hall–Kier alpha value is -3.75. The van der Waals surface area contributed by atoms with Crippen LogP contribution in [0.25, 0.3) is 27.6 Å². The van der Waals surface area contributed by atoms with Crippen molar-refractivity contribution in [2.24, 2.45) is 0 Å². The van der Waals surface area contributed by atoms with E-state index in [4.69, 9.17) is 9.72 Å². The molecule has 1 amide bonds. The molecule has 4 aromatic rings. The summed E-state index contributed by atoms with van der Waals surface area (Å²) in [6.07, 6.45) is 3.14. The molecule has 39 heavy (non-hydrogen) atoms. The highest BCUT2D eigenvalue weighted by atomic mass is 32.2. The number of carbonyl (C=O) groups is 1. The highest BCUT2D eigenvalue weighted by molar-refractivity contribution is 7.87. The van der Waals surface area contributed by atoms with Crippen molar-refractivity contribution in [2.45, 2.75) is 32.8 Å². The molecular formula is C25H29N7O5S2. The Morgan fingerprint density at radius 3 is 2.79 bits per heavy atom. The van der Waals surface area contributed by atoms with Gasteiger partial charge in [-0.15, -0.1) is 11.3 Å². The number of hydrogen-bond donors (Lipinski definition) is 2. The first-order valence-corrected chi connectivity index (χ1v) is 14.6. The van der Waals surface area contributed by atoms with Crippen molar-refractivity contribution in [3.63, 3.8) is 0 Å². The summed E-state index contributed by atoms with van der Waals surface area (Å²) in [4.78, 5) is 27.0.